The molecule has 0 aromatic heterocycles. The Morgan fingerprint density at radius 1 is 1.00 bits per heavy atom. The quantitative estimate of drug-likeness (QED) is 0.638. The summed E-state index contributed by atoms with van der Waals surface area (Å²) in [4.78, 5) is 0. The first-order valence-electron chi connectivity index (χ1n) is 6.25. The van der Waals surface area contributed by atoms with Gasteiger partial charge in [0.25, 0.3) is 0 Å². The maximum Gasteiger partial charge on any atom is 0.00956 e. The first kappa shape index (κ1) is 9.23. The number of benzene rings is 2. The van der Waals surface area contributed by atoms with Gasteiger partial charge in [0.2, 0.25) is 0 Å². The second-order valence-electron chi connectivity index (χ2n) is 5.08. The summed E-state index contributed by atoms with van der Waals surface area (Å²) >= 11 is 0. The van der Waals surface area contributed by atoms with Crippen molar-refractivity contribution in [3.8, 4) is 0 Å². The topological polar surface area (TPSA) is 0 Å². The van der Waals surface area contributed by atoms with Crippen molar-refractivity contribution in [1.29, 1.82) is 0 Å². The van der Waals surface area contributed by atoms with Gasteiger partial charge in [-0.25, -0.2) is 0 Å². The van der Waals surface area contributed by atoms with E-state index in [4.69, 9.17) is 0 Å². The van der Waals surface area contributed by atoms with Gasteiger partial charge in [0.1, 0.15) is 0 Å². The first-order chi connectivity index (χ1) is 8.34. The molecule has 2 aliphatic carbocycles. The van der Waals surface area contributed by atoms with Gasteiger partial charge in [0, 0.05) is 5.92 Å². The smallest absolute Gasteiger partial charge is 0.00956 e. The lowest BCUT2D eigenvalue weighted by Gasteiger charge is -2.25. The number of hydrogen-bond acceptors (Lipinski definition) is 0. The SMILES string of the molecule is CC1=CC=c2ccc3cccc4c3c2C1CC=4. The summed E-state index contributed by atoms with van der Waals surface area (Å²) in [5, 5.41) is 5.68. The molecule has 2 aromatic rings. The van der Waals surface area contributed by atoms with Gasteiger partial charge >= 0.3 is 0 Å². The fourth-order valence-electron chi connectivity index (χ4n) is 3.26. The second-order valence-corrected chi connectivity index (χ2v) is 5.08. The molecule has 2 aromatic carbocycles. The monoisotopic (exact) mass is 218 g/mol. The van der Waals surface area contributed by atoms with Crippen LogP contribution in [0.3, 0.4) is 0 Å². The summed E-state index contributed by atoms with van der Waals surface area (Å²) in [5.74, 6) is 0.605. The summed E-state index contributed by atoms with van der Waals surface area (Å²) in [6.45, 7) is 2.25. The minimum Gasteiger partial charge on any atom is -0.0757 e. The van der Waals surface area contributed by atoms with Gasteiger partial charge in [-0.15, -0.1) is 0 Å². The van der Waals surface area contributed by atoms with Crippen molar-refractivity contribution in [2.75, 3.05) is 0 Å². The molecule has 4 rings (SSSR count). The molecule has 1 atom stereocenters. The van der Waals surface area contributed by atoms with Crippen LogP contribution in [-0.4, -0.2) is 0 Å². The molecule has 2 aliphatic rings. The Hall–Kier alpha value is -1.82. The molecular formula is C17H14. The van der Waals surface area contributed by atoms with E-state index < -0.39 is 0 Å². The molecule has 0 radical (unpaired) electrons. The minimum absolute atomic E-state index is 0.605. The first-order valence-corrected chi connectivity index (χ1v) is 6.25. The summed E-state index contributed by atoms with van der Waals surface area (Å²) in [5.41, 5.74) is 3.05. The van der Waals surface area contributed by atoms with Gasteiger partial charge in [0.05, 0.1) is 0 Å². The van der Waals surface area contributed by atoms with E-state index in [1.807, 2.05) is 0 Å². The molecule has 0 bridgehead atoms. The third-order valence-electron chi connectivity index (χ3n) is 4.15. The largest absolute Gasteiger partial charge is 0.0757 e. The van der Waals surface area contributed by atoms with E-state index in [0.717, 1.165) is 6.42 Å². The summed E-state index contributed by atoms with van der Waals surface area (Å²) < 4.78 is 0. The Morgan fingerprint density at radius 3 is 2.88 bits per heavy atom. The predicted molar refractivity (Wildman–Crippen MR) is 73.2 cm³/mol. The van der Waals surface area contributed by atoms with Gasteiger partial charge in [-0.05, 0) is 40.1 Å². The summed E-state index contributed by atoms with van der Waals surface area (Å²) in [7, 11) is 0. The molecule has 0 amide bonds. The highest BCUT2D eigenvalue weighted by Crippen LogP contribution is 2.34. The molecular weight excluding hydrogens is 204 g/mol. The molecule has 0 spiro atoms. The van der Waals surface area contributed by atoms with Crippen molar-refractivity contribution in [1.82, 2.24) is 0 Å². The lowest BCUT2D eigenvalue weighted by atomic mass is 9.78. The zero-order valence-electron chi connectivity index (χ0n) is 9.90. The van der Waals surface area contributed by atoms with Crippen molar-refractivity contribution >= 4 is 22.9 Å². The Bertz CT molecular complexity index is 776. The van der Waals surface area contributed by atoms with Crippen LogP contribution in [0.1, 0.15) is 24.8 Å². The van der Waals surface area contributed by atoms with Gasteiger partial charge in [0.15, 0.2) is 0 Å². The average molecular weight is 218 g/mol. The summed E-state index contributed by atoms with van der Waals surface area (Å²) in [6.07, 6.45) is 8.09. The van der Waals surface area contributed by atoms with E-state index in [1.165, 1.54) is 26.8 Å². The highest BCUT2D eigenvalue weighted by molar-refractivity contribution is 5.90. The number of rotatable bonds is 0. The van der Waals surface area contributed by atoms with Crippen LogP contribution in [0, 0.1) is 0 Å². The van der Waals surface area contributed by atoms with Gasteiger partial charge in [-0.2, -0.15) is 0 Å². The van der Waals surface area contributed by atoms with Crippen LogP contribution in [0.4, 0.5) is 0 Å². The van der Waals surface area contributed by atoms with Crippen LogP contribution >= 0.6 is 0 Å². The molecule has 0 heteroatoms. The predicted octanol–water partition coefficient (Wildman–Crippen LogP) is 2.85. The van der Waals surface area contributed by atoms with Gasteiger partial charge < -0.3 is 0 Å². The number of hydrogen-bond donors (Lipinski definition) is 0. The molecule has 0 aliphatic heterocycles. The molecule has 0 nitrogen and oxygen atoms in total. The Labute approximate surface area is 101 Å². The van der Waals surface area contributed by atoms with E-state index in [2.05, 4.69) is 55.5 Å². The van der Waals surface area contributed by atoms with Crippen molar-refractivity contribution in [3.05, 3.63) is 58.0 Å². The molecule has 0 heterocycles. The summed E-state index contributed by atoms with van der Waals surface area (Å²) in [6, 6.07) is 11.1. The maximum atomic E-state index is 2.40. The van der Waals surface area contributed by atoms with Crippen molar-refractivity contribution in [3.63, 3.8) is 0 Å². The van der Waals surface area contributed by atoms with Gasteiger partial charge in [-0.3, -0.25) is 0 Å². The van der Waals surface area contributed by atoms with E-state index >= 15 is 0 Å². The molecule has 1 unspecified atom stereocenters. The highest BCUT2D eigenvalue weighted by Gasteiger charge is 2.21. The molecule has 0 saturated carbocycles. The molecule has 82 valence electrons. The third kappa shape index (κ3) is 1.13. The average Bonchev–Trinajstić information content (AvgIpc) is 2.38. The minimum atomic E-state index is 0.605. The highest BCUT2D eigenvalue weighted by atomic mass is 14.2. The van der Waals surface area contributed by atoms with Crippen LogP contribution in [0.25, 0.3) is 22.9 Å². The molecule has 0 N–H and O–H groups in total. The van der Waals surface area contributed by atoms with Crippen molar-refractivity contribution < 1.29 is 0 Å². The number of allylic oxidation sites excluding steroid dienone is 2. The van der Waals surface area contributed by atoms with E-state index in [1.54, 1.807) is 5.56 Å². The molecule has 0 saturated heterocycles. The van der Waals surface area contributed by atoms with E-state index in [-0.39, 0.29) is 0 Å². The zero-order chi connectivity index (χ0) is 11.4. The third-order valence-corrected chi connectivity index (χ3v) is 4.15. The van der Waals surface area contributed by atoms with E-state index in [0.29, 0.717) is 5.92 Å². The van der Waals surface area contributed by atoms with Crippen molar-refractivity contribution in [2.45, 2.75) is 19.3 Å². The Morgan fingerprint density at radius 2 is 1.94 bits per heavy atom. The van der Waals surface area contributed by atoms with Crippen molar-refractivity contribution in [2.24, 2.45) is 0 Å². The second kappa shape index (κ2) is 3.10. The fraction of sp³-hybridized carbons (Fsp3) is 0.176. The lowest BCUT2D eigenvalue weighted by Crippen LogP contribution is -2.24. The normalized spacial score (nSPS) is 20.5. The van der Waals surface area contributed by atoms with Gasteiger partial charge in [-0.1, -0.05) is 54.1 Å². The molecule has 17 heavy (non-hydrogen) atoms. The van der Waals surface area contributed by atoms with Crippen LogP contribution in [0.2, 0.25) is 0 Å². The van der Waals surface area contributed by atoms with Crippen LogP contribution in [0.5, 0.6) is 0 Å². The standard InChI is InChI=1S/C17H14/c1-11-5-6-14-8-7-12-3-2-4-13-9-10-15(11)17(14)16(12)13/h2-9,15H,10H2,1H3. The maximum absolute atomic E-state index is 2.40. The Balaban J connectivity index is 2.31. The van der Waals surface area contributed by atoms with Crippen LogP contribution in [0.15, 0.2) is 42.0 Å². The van der Waals surface area contributed by atoms with E-state index in [9.17, 15) is 0 Å². The zero-order valence-corrected chi connectivity index (χ0v) is 9.90. The molecule has 0 fully saturated rings. The van der Waals surface area contributed by atoms with Crippen LogP contribution < -0.4 is 10.4 Å². The Kier molecular flexibility index (Phi) is 1.69. The lowest BCUT2D eigenvalue weighted by molar-refractivity contribution is 0.819. The van der Waals surface area contributed by atoms with Crippen LogP contribution in [-0.2, 0) is 0 Å². The fourth-order valence-corrected chi connectivity index (χ4v) is 3.26.